The highest BCUT2D eigenvalue weighted by atomic mass is 16.1. The number of carbonyl (C=O) groups excluding carboxylic acids is 1. The Morgan fingerprint density at radius 1 is 1.53 bits per heavy atom. The maximum absolute atomic E-state index is 12.1. The molecule has 0 saturated heterocycles. The molecule has 5 nitrogen and oxygen atoms in total. The van der Waals surface area contributed by atoms with Crippen molar-refractivity contribution in [3.8, 4) is 0 Å². The highest BCUT2D eigenvalue weighted by Crippen LogP contribution is 2.09. The predicted molar refractivity (Wildman–Crippen MR) is 77.1 cm³/mol. The van der Waals surface area contributed by atoms with Gasteiger partial charge in [0, 0.05) is 18.3 Å². The van der Waals surface area contributed by atoms with E-state index in [1.54, 1.807) is 6.20 Å². The first-order chi connectivity index (χ1) is 9.10. The maximum atomic E-state index is 12.1. The third-order valence-electron chi connectivity index (χ3n) is 3.29. The highest BCUT2D eigenvalue weighted by molar-refractivity contribution is 5.95. The lowest BCUT2D eigenvalue weighted by Crippen LogP contribution is -2.32. The van der Waals surface area contributed by atoms with Gasteiger partial charge in [0.25, 0.3) is 5.91 Å². The highest BCUT2D eigenvalue weighted by Gasteiger charge is 2.15. The summed E-state index contributed by atoms with van der Waals surface area (Å²) in [5.41, 5.74) is 7.06. The molecule has 0 spiro atoms. The van der Waals surface area contributed by atoms with Crippen LogP contribution in [0.5, 0.6) is 0 Å². The number of unbranched alkanes of at least 4 members (excludes halogenated alkanes) is 1. The lowest BCUT2D eigenvalue weighted by Gasteiger charge is -2.13. The van der Waals surface area contributed by atoms with E-state index in [1.807, 2.05) is 18.5 Å². The van der Waals surface area contributed by atoms with Crippen LogP contribution in [0.25, 0.3) is 0 Å². The van der Waals surface area contributed by atoms with Crippen LogP contribution in [0.15, 0.2) is 6.20 Å². The van der Waals surface area contributed by atoms with E-state index in [1.165, 1.54) is 0 Å². The number of nitrogens with two attached hydrogens (primary N) is 1. The molecule has 0 aliphatic rings. The molecule has 1 amide bonds. The van der Waals surface area contributed by atoms with Gasteiger partial charge in [0.2, 0.25) is 0 Å². The van der Waals surface area contributed by atoms with Crippen molar-refractivity contribution in [3.05, 3.63) is 17.5 Å². The van der Waals surface area contributed by atoms with Crippen molar-refractivity contribution in [3.63, 3.8) is 0 Å². The molecular formula is C14H26N4O. The van der Waals surface area contributed by atoms with Crippen molar-refractivity contribution in [2.75, 3.05) is 6.54 Å². The van der Waals surface area contributed by atoms with Crippen LogP contribution in [0, 0.1) is 6.92 Å². The molecule has 0 aromatic carbocycles. The largest absolute Gasteiger partial charge is 0.349 e. The van der Waals surface area contributed by atoms with E-state index in [9.17, 15) is 4.79 Å². The van der Waals surface area contributed by atoms with Crippen LogP contribution in [0.1, 0.15) is 55.6 Å². The lowest BCUT2D eigenvalue weighted by molar-refractivity contribution is 0.0937. The second-order valence-corrected chi connectivity index (χ2v) is 5.03. The van der Waals surface area contributed by atoms with Gasteiger partial charge in [-0.1, -0.05) is 19.8 Å². The number of hydrogen-bond donors (Lipinski definition) is 2. The average molecular weight is 266 g/mol. The SMILES string of the molecule is CCCCC(C)NC(=O)c1cnn(CCCN)c1C. The summed E-state index contributed by atoms with van der Waals surface area (Å²) >= 11 is 0. The van der Waals surface area contributed by atoms with Crippen LogP contribution < -0.4 is 11.1 Å². The fourth-order valence-corrected chi connectivity index (χ4v) is 2.02. The van der Waals surface area contributed by atoms with E-state index in [0.29, 0.717) is 12.1 Å². The third-order valence-corrected chi connectivity index (χ3v) is 3.29. The zero-order chi connectivity index (χ0) is 14.3. The zero-order valence-electron chi connectivity index (χ0n) is 12.3. The summed E-state index contributed by atoms with van der Waals surface area (Å²) in [6.07, 6.45) is 5.82. The van der Waals surface area contributed by atoms with E-state index >= 15 is 0 Å². The smallest absolute Gasteiger partial charge is 0.254 e. The number of nitrogens with one attached hydrogen (secondary N) is 1. The van der Waals surface area contributed by atoms with Gasteiger partial charge in [-0.15, -0.1) is 0 Å². The molecule has 108 valence electrons. The second-order valence-electron chi connectivity index (χ2n) is 5.03. The molecule has 3 N–H and O–H groups in total. The van der Waals surface area contributed by atoms with Crippen molar-refractivity contribution in [2.45, 2.75) is 59.0 Å². The number of carbonyl (C=O) groups is 1. The van der Waals surface area contributed by atoms with Crippen molar-refractivity contribution in [2.24, 2.45) is 5.73 Å². The minimum atomic E-state index is -0.0277. The summed E-state index contributed by atoms with van der Waals surface area (Å²) in [6.45, 7) is 7.52. The maximum Gasteiger partial charge on any atom is 0.254 e. The van der Waals surface area contributed by atoms with E-state index in [0.717, 1.165) is 37.9 Å². The van der Waals surface area contributed by atoms with Gasteiger partial charge >= 0.3 is 0 Å². The first-order valence-corrected chi connectivity index (χ1v) is 7.13. The van der Waals surface area contributed by atoms with Gasteiger partial charge in [-0.3, -0.25) is 9.48 Å². The second kappa shape index (κ2) is 7.94. The standard InChI is InChI=1S/C14H26N4O/c1-4-5-7-11(2)17-14(19)13-10-16-18(12(13)3)9-6-8-15/h10-11H,4-9,15H2,1-3H3,(H,17,19). The molecule has 19 heavy (non-hydrogen) atoms. The van der Waals surface area contributed by atoms with Gasteiger partial charge in [-0.25, -0.2) is 0 Å². The van der Waals surface area contributed by atoms with Crippen LogP contribution in [0.2, 0.25) is 0 Å². The van der Waals surface area contributed by atoms with Crippen molar-refractivity contribution < 1.29 is 4.79 Å². The number of hydrogen-bond acceptors (Lipinski definition) is 3. The van der Waals surface area contributed by atoms with Crippen LogP contribution in [0.4, 0.5) is 0 Å². The molecular weight excluding hydrogens is 240 g/mol. The summed E-state index contributed by atoms with van der Waals surface area (Å²) in [6, 6.07) is 0.208. The Labute approximate surface area is 115 Å². The molecule has 1 atom stereocenters. The number of aryl methyl sites for hydroxylation is 1. The van der Waals surface area contributed by atoms with Crippen LogP contribution >= 0.6 is 0 Å². The number of amides is 1. The third kappa shape index (κ3) is 4.67. The lowest BCUT2D eigenvalue weighted by atomic mass is 10.1. The van der Waals surface area contributed by atoms with Crippen molar-refractivity contribution in [1.29, 1.82) is 0 Å². The van der Waals surface area contributed by atoms with Crippen molar-refractivity contribution >= 4 is 5.91 Å². The molecule has 5 heteroatoms. The van der Waals surface area contributed by atoms with E-state index in [2.05, 4.69) is 17.3 Å². The van der Waals surface area contributed by atoms with E-state index < -0.39 is 0 Å². The van der Waals surface area contributed by atoms with E-state index in [4.69, 9.17) is 5.73 Å². The summed E-state index contributed by atoms with van der Waals surface area (Å²) in [7, 11) is 0. The summed E-state index contributed by atoms with van der Waals surface area (Å²) in [5.74, 6) is -0.0277. The Morgan fingerprint density at radius 2 is 2.26 bits per heavy atom. The molecule has 0 fully saturated rings. The first kappa shape index (κ1) is 15.7. The molecule has 1 unspecified atom stereocenters. The normalized spacial score (nSPS) is 12.4. The average Bonchev–Trinajstić information content (AvgIpc) is 2.75. The first-order valence-electron chi connectivity index (χ1n) is 7.13. The molecule has 1 heterocycles. The minimum absolute atomic E-state index is 0.0277. The molecule has 0 bridgehead atoms. The monoisotopic (exact) mass is 266 g/mol. The molecule has 1 aromatic rings. The van der Waals surface area contributed by atoms with Crippen LogP contribution in [-0.4, -0.2) is 28.3 Å². The quantitative estimate of drug-likeness (QED) is 0.754. The Bertz CT molecular complexity index is 400. The Kier molecular flexibility index (Phi) is 6.56. The Morgan fingerprint density at radius 3 is 2.89 bits per heavy atom. The fraction of sp³-hybridized carbons (Fsp3) is 0.714. The van der Waals surface area contributed by atoms with Crippen LogP contribution in [0.3, 0.4) is 0 Å². The number of nitrogens with zero attached hydrogens (tertiary/aromatic N) is 2. The Balaban J connectivity index is 2.59. The van der Waals surface area contributed by atoms with Gasteiger partial charge in [-0.2, -0.15) is 5.10 Å². The zero-order valence-corrected chi connectivity index (χ0v) is 12.3. The molecule has 0 saturated carbocycles. The van der Waals surface area contributed by atoms with Gasteiger partial charge in [0.15, 0.2) is 0 Å². The summed E-state index contributed by atoms with van der Waals surface area (Å²) in [4.78, 5) is 12.1. The molecule has 1 aromatic heterocycles. The predicted octanol–water partition coefficient (Wildman–Crippen LogP) is 1.85. The van der Waals surface area contributed by atoms with Gasteiger partial charge in [0.05, 0.1) is 11.8 Å². The van der Waals surface area contributed by atoms with Crippen molar-refractivity contribution in [1.82, 2.24) is 15.1 Å². The van der Waals surface area contributed by atoms with Gasteiger partial charge < -0.3 is 11.1 Å². The summed E-state index contributed by atoms with van der Waals surface area (Å²) < 4.78 is 1.85. The molecule has 0 radical (unpaired) electrons. The summed E-state index contributed by atoms with van der Waals surface area (Å²) in [5, 5.41) is 7.27. The topological polar surface area (TPSA) is 72.9 Å². The molecule has 0 aliphatic heterocycles. The molecule has 1 rings (SSSR count). The number of rotatable bonds is 8. The Hall–Kier alpha value is -1.36. The minimum Gasteiger partial charge on any atom is -0.349 e. The van der Waals surface area contributed by atoms with E-state index in [-0.39, 0.29) is 11.9 Å². The fourth-order valence-electron chi connectivity index (χ4n) is 2.02. The van der Waals surface area contributed by atoms with Gasteiger partial charge in [-0.05, 0) is 33.2 Å². The molecule has 0 aliphatic carbocycles. The van der Waals surface area contributed by atoms with Gasteiger partial charge in [0.1, 0.15) is 0 Å². The number of aromatic nitrogens is 2. The van der Waals surface area contributed by atoms with Crippen LogP contribution in [-0.2, 0) is 6.54 Å².